The number of benzene rings is 3. The molecule has 1 aliphatic rings. The lowest BCUT2D eigenvalue weighted by atomic mass is 10.1. The van der Waals surface area contributed by atoms with E-state index in [1.807, 2.05) is 72.8 Å². The van der Waals surface area contributed by atoms with Gasteiger partial charge in [-0.15, -0.1) is 0 Å². The van der Waals surface area contributed by atoms with Crippen LogP contribution in [0.5, 0.6) is 5.75 Å². The normalized spacial score (nSPS) is 15.7. The molecule has 0 aromatic heterocycles. The van der Waals surface area contributed by atoms with Crippen LogP contribution in [0.1, 0.15) is 23.2 Å². The van der Waals surface area contributed by atoms with Gasteiger partial charge in [-0.1, -0.05) is 42.5 Å². The van der Waals surface area contributed by atoms with Crippen LogP contribution in [0.3, 0.4) is 0 Å². The number of hydrogen-bond donors (Lipinski definition) is 2. The molecule has 29 heavy (non-hydrogen) atoms. The summed E-state index contributed by atoms with van der Waals surface area (Å²) in [4.78, 5) is 13.0. The highest BCUT2D eigenvalue weighted by atomic mass is 16.5. The van der Waals surface area contributed by atoms with Crippen LogP contribution >= 0.6 is 0 Å². The molecular weight excluding hydrogens is 364 g/mol. The average molecular weight is 388 g/mol. The molecule has 1 unspecified atom stereocenters. The summed E-state index contributed by atoms with van der Waals surface area (Å²) in [6.45, 7) is 1.27. The van der Waals surface area contributed by atoms with E-state index in [1.54, 1.807) is 6.07 Å². The highest BCUT2D eigenvalue weighted by Crippen LogP contribution is 2.27. The van der Waals surface area contributed by atoms with Gasteiger partial charge in [-0.2, -0.15) is 0 Å². The minimum absolute atomic E-state index is 0.120. The van der Waals surface area contributed by atoms with E-state index in [1.165, 1.54) is 0 Å². The molecule has 0 spiro atoms. The molecule has 0 saturated carbocycles. The van der Waals surface area contributed by atoms with Crippen LogP contribution in [-0.4, -0.2) is 25.2 Å². The molecule has 148 valence electrons. The van der Waals surface area contributed by atoms with Crippen molar-refractivity contribution in [2.45, 2.75) is 18.9 Å². The van der Waals surface area contributed by atoms with Gasteiger partial charge in [0.05, 0.1) is 23.0 Å². The molecule has 4 rings (SSSR count). The largest absolute Gasteiger partial charge is 0.489 e. The maximum Gasteiger partial charge on any atom is 0.257 e. The zero-order chi connectivity index (χ0) is 19.9. The maximum atomic E-state index is 13.0. The lowest BCUT2D eigenvalue weighted by Crippen LogP contribution is -2.18. The molecule has 0 bridgehead atoms. The number of carbonyl (C=O) groups excluding carboxylic acids is 1. The van der Waals surface area contributed by atoms with Gasteiger partial charge in [0.2, 0.25) is 0 Å². The van der Waals surface area contributed by atoms with E-state index in [9.17, 15) is 4.79 Å². The summed E-state index contributed by atoms with van der Waals surface area (Å²) in [6, 6.07) is 24.7. The number of para-hydroxylation sites is 4. The molecule has 5 heteroatoms. The summed E-state index contributed by atoms with van der Waals surface area (Å²) in [5.41, 5.74) is 2.87. The third kappa shape index (κ3) is 4.95. The van der Waals surface area contributed by atoms with Crippen molar-refractivity contribution in [1.82, 2.24) is 0 Å². The molecule has 3 aromatic carbocycles. The fourth-order valence-electron chi connectivity index (χ4n) is 3.31. The molecule has 1 heterocycles. The van der Waals surface area contributed by atoms with Gasteiger partial charge in [0.25, 0.3) is 5.91 Å². The molecular formula is C24H24N2O3. The lowest BCUT2D eigenvalue weighted by molar-refractivity contribution is 0.0682. The van der Waals surface area contributed by atoms with Crippen molar-refractivity contribution >= 4 is 23.0 Å². The molecule has 1 atom stereocenters. The highest BCUT2D eigenvalue weighted by molar-refractivity contribution is 6.09. The number of carbonyl (C=O) groups is 1. The van der Waals surface area contributed by atoms with Crippen molar-refractivity contribution < 1.29 is 14.3 Å². The Morgan fingerprint density at radius 1 is 0.931 bits per heavy atom. The molecule has 1 fully saturated rings. The highest BCUT2D eigenvalue weighted by Gasteiger charge is 2.18. The quantitative estimate of drug-likeness (QED) is 0.581. The van der Waals surface area contributed by atoms with Crippen molar-refractivity contribution in [3.63, 3.8) is 0 Å². The van der Waals surface area contributed by atoms with Crippen molar-refractivity contribution in [3.8, 4) is 5.75 Å². The second-order valence-corrected chi connectivity index (χ2v) is 6.93. The van der Waals surface area contributed by atoms with Gasteiger partial charge < -0.3 is 20.1 Å². The summed E-state index contributed by atoms with van der Waals surface area (Å²) < 4.78 is 11.5. The fraction of sp³-hybridized carbons (Fsp3) is 0.208. The van der Waals surface area contributed by atoms with Crippen LogP contribution in [0.25, 0.3) is 0 Å². The SMILES string of the molecule is O=C(Nc1ccccc1OCC1CCCO1)c1ccccc1Nc1ccccc1. The molecule has 3 aromatic rings. The van der Waals surface area contributed by atoms with Crippen LogP contribution in [0, 0.1) is 0 Å². The van der Waals surface area contributed by atoms with Gasteiger partial charge in [0.15, 0.2) is 0 Å². The number of anilines is 3. The van der Waals surface area contributed by atoms with Gasteiger partial charge in [-0.25, -0.2) is 0 Å². The number of hydrogen-bond acceptors (Lipinski definition) is 4. The van der Waals surface area contributed by atoms with Crippen molar-refractivity contribution in [2.75, 3.05) is 23.8 Å². The first-order valence-corrected chi connectivity index (χ1v) is 9.85. The summed E-state index contributed by atoms with van der Waals surface area (Å²) in [6.07, 6.45) is 2.19. The Bertz CT molecular complexity index is 953. The first kappa shape index (κ1) is 19.0. The van der Waals surface area contributed by atoms with E-state index < -0.39 is 0 Å². The summed E-state index contributed by atoms with van der Waals surface area (Å²) in [7, 11) is 0. The van der Waals surface area contributed by atoms with E-state index in [4.69, 9.17) is 9.47 Å². The molecule has 5 nitrogen and oxygen atoms in total. The van der Waals surface area contributed by atoms with Gasteiger partial charge in [0, 0.05) is 12.3 Å². The van der Waals surface area contributed by atoms with E-state index in [0.29, 0.717) is 23.6 Å². The number of ether oxygens (including phenoxy) is 2. The fourth-order valence-corrected chi connectivity index (χ4v) is 3.31. The molecule has 0 aliphatic carbocycles. The van der Waals surface area contributed by atoms with Crippen LogP contribution in [0.4, 0.5) is 17.1 Å². The third-order valence-corrected chi connectivity index (χ3v) is 4.81. The molecule has 1 amide bonds. The molecule has 1 saturated heterocycles. The summed E-state index contributed by atoms with van der Waals surface area (Å²) in [5.74, 6) is 0.446. The standard InChI is InChI=1S/C24H24N2O3/c27-24(20-12-4-5-13-21(20)25-18-9-2-1-3-10-18)26-22-14-6-7-15-23(22)29-17-19-11-8-16-28-19/h1-7,9-10,12-15,19,25H,8,11,16-17H2,(H,26,27). The number of rotatable bonds is 7. The molecule has 0 radical (unpaired) electrons. The van der Waals surface area contributed by atoms with E-state index in [0.717, 1.165) is 30.8 Å². The second kappa shape index (κ2) is 9.26. The average Bonchev–Trinajstić information content (AvgIpc) is 3.28. The monoisotopic (exact) mass is 388 g/mol. The van der Waals surface area contributed by atoms with Crippen molar-refractivity contribution in [1.29, 1.82) is 0 Å². The van der Waals surface area contributed by atoms with Gasteiger partial charge in [-0.3, -0.25) is 4.79 Å². The summed E-state index contributed by atoms with van der Waals surface area (Å²) >= 11 is 0. The number of nitrogens with one attached hydrogen (secondary N) is 2. The minimum Gasteiger partial charge on any atom is -0.489 e. The zero-order valence-electron chi connectivity index (χ0n) is 16.1. The van der Waals surface area contributed by atoms with Crippen LogP contribution in [-0.2, 0) is 4.74 Å². The van der Waals surface area contributed by atoms with E-state index >= 15 is 0 Å². The predicted molar refractivity (Wildman–Crippen MR) is 115 cm³/mol. The predicted octanol–water partition coefficient (Wildman–Crippen LogP) is 5.24. The van der Waals surface area contributed by atoms with Crippen LogP contribution in [0.15, 0.2) is 78.9 Å². The zero-order valence-corrected chi connectivity index (χ0v) is 16.1. The Morgan fingerprint density at radius 3 is 2.45 bits per heavy atom. The van der Waals surface area contributed by atoms with Gasteiger partial charge in [0.1, 0.15) is 12.4 Å². The first-order chi connectivity index (χ1) is 14.3. The Kier molecular flexibility index (Phi) is 6.07. The van der Waals surface area contributed by atoms with Gasteiger partial charge >= 0.3 is 0 Å². The van der Waals surface area contributed by atoms with Crippen molar-refractivity contribution in [3.05, 3.63) is 84.4 Å². The van der Waals surface area contributed by atoms with Gasteiger partial charge in [-0.05, 0) is 49.2 Å². The molecule has 2 N–H and O–H groups in total. The van der Waals surface area contributed by atoms with Crippen LogP contribution in [0.2, 0.25) is 0 Å². The van der Waals surface area contributed by atoms with Crippen molar-refractivity contribution in [2.24, 2.45) is 0 Å². The Balaban J connectivity index is 1.48. The maximum absolute atomic E-state index is 13.0. The Morgan fingerprint density at radius 2 is 1.66 bits per heavy atom. The third-order valence-electron chi connectivity index (χ3n) is 4.81. The minimum atomic E-state index is -0.197. The Labute approximate surface area is 170 Å². The molecule has 1 aliphatic heterocycles. The van der Waals surface area contributed by atoms with Crippen LogP contribution < -0.4 is 15.4 Å². The Hall–Kier alpha value is -3.31. The van der Waals surface area contributed by atoms with E-state index in [-0.39, 0.29) is 12.0 Å². The summed E-state index contributed by atoms with van der Waals surface area (Å²) in [5, 5.41) is 6.29. The van der Waals surface area contributed by atoms with E-state index in [2.05, 4.69) is 10.6 Å². The number of amides is 1. The first-order valence-electron chi connectivity index (χ1n) is 9.85. The lowest BCUT2D eigenvalue weighted by Gasteiger charge is -2.16. The smallest absolute Gasteiger partial charge is 0.257 e. The topological polar surface area (TPSA) is 59.6 Å². The second-order valence-electron chi connectivity index (χ2n) is 6.93.